The van der Waals surface area contributed by atoms with Crippen molar-refractivity contribution in [2.75, 3.05) is 7.11 Å². The SMILES string of the molecule is COC(=O)C(C)(C)NC(=O)c1ccncc1Cl. The maximum atomic E-state index is 11.9. The third-order valence-corrected chi connectivity index (χ3v) is 2.44. The van der Waals surface area contributed by atoms with Crippen molar-refractivity contribution >= 4 is 23.5 Å². The minimum atomic E-state index is -1.11. The number of nitrogens with zero attached hydrogens (tertiary/aromatic N) is 1. The van der Waals surface area contributed by atoms with E-state index in [1.165, 1.54) is 25.6 Å². The van der Waals surface area contributed by atoms with E-state index in [1.807, 2.05) is 0 Å². The summed E-state index contributed by atoms with van der Waals surface area (Å²) in [4.78, 5) is 27.0. The molecule has 0 saturated heterocycles. The molecule has 6 heteroatoms. The topological polar surface area (TPSA) is 68.3 Å². The Labute approximate surface area is 104 Å². The minimum absolute atomic E-state index is 0.227. The van der Waals surface area contributed by atoms with Gasteiger partial charge in [-0.25, -0.2) is 4.79 Å². The maximum absolute atomic E-state index is 11.9. The first-order valence-electron chi connectivity index (χ1n) is 4.89. The molecule has 0 unspecified atom stereocenters. The number of pyridine rings is 1. The summed E-state index contributed by atoms with van der Waals surface area (Å²) in [5.41, 5.74) is -0.850. The fraction of sp³-hybridized carbons (Fsp3) is 0.364. The van der Waals surface area contributed by atoms with Crippen molar-refractivity contribution in [1.82, 2.24) is 10.3 Å². The predicted molar refractivity (Wildman–Crippen MR) is 62.8 cm³/mol. The summed E-state index contributed by atoms with van der Waals surface area (Å²) >= 11 is 5.82. The van der Waals surface area contributed by atoms with E-state index in [0.717, 1.165) is 0 Å². The Bertz CT molecular complexity index is 446. The Hall–Kier alpha value is -1.62. The van der Waals surface area contributed by atoms with Gasteiger partial charge in [0, 0.05) is 12.4 Å². The molecule has 1 amide bonds. The second-order valence-electron chi connectivity index (χ2n) is 3.93. The number of hydrogen-bond donors (Lipinski definition) is 1. The van der Waals surface area contributed by atoms with Crippen molar-refractivity contribution in [3.8, 4) is 0 Å². The zero-order valence-corrected chi connectivity index (χ0v) is 10.5. The van der Waals surface area contributed by atoms with Gasteiger partial charge in [0.1, 0.15) is 5.54 Å². The van der Waals surface area contributed by atoms with Crippen LogP contribution >= 0.6 is 11.6 Å². The van der Waals surface area contributed by atoms with E-state index in [1.54, 1.807) is 13.8 Å². The van der Waals surface area contributed by atoms with Crippen LogP contribution in [-0.4, -0.2) is 29.5 Å². The largest absolute Gasteiger partial charge is 0.467 e. The third kappa shape index (κ3) is 3.17. The van der Waals surface area contributed by atoms with Crippen LogP contribution in [0.3, 0.4) is 0 Å². The molecule has 0 aliphatic heterocycles. The fourth-order valence-corrected chi connectivity index (χ4v) is 1.42. The number of ether oxygens (including phenoxy) is 1. The third-order valence-electron chi connectivity index (χ3n) is 2.14. The van der Waals surface area contributed by atoms with Crippen molar-refractivity contribution < 1.29 is 14.3 Å². The van der Waals surface area contributed by atoms with Crippen LogP contribution in [0.1, 0.15) is 24.2 Å². The lowest BCUT2D eigenvalue weighted by atomic mass is 10.1. The Balaban J connectivity index is 2.87. The molecule has 0 aliphatic rings. The van der Waals surface area contributed by atoms with E-state index in [0.29, 0.717) is 0 Å². The highest BCUT2D eigenvalue weighted by Gasteiger charge is 2.31. The lowest BCUT2D eigenvalue weighted by molar-refractivity contribution is -0.146. The zero-order chi connectivity index (χ0) is 13.1. The number of carbonyl (C=O) groups excluding carboxylic acids is 2. The molecule has 1 rings (SSSR count). The zero-order valence-electron chi connectivity index (χ0n) is 9.78. The second-order valence-corrected chi connectivity index (χ2v) is 4.33. The standard InChI is InChI=1S/C11H13ClN2O3/c1-11(2,10(16)17-3)14-9(15)7-4-5-13-6-8(7)12/h4-6H,1-3H3,(H,14,15). The molecule has 5 nitrogen and oxygen atoms in total. The summed E-state index contributed by atoms with van der Waals surface area (Å²) < 4.78 is 4.58. The van der Waals surface area contributed by atoms with Crippen LogP contribution in [0.25, 0.3) is 0 Å². The summed E-state index contributed by atoms with van der Waals surface area (Å²) in [5, 5.41) is 2.77. The van der Waals surface area contributed by atoms with Gasteiger partial charge in [0.2, 0.25) is 0 Å². The lowest BCUT2D eigenvalue weighted by Crippen LogP contribution is -2.50. The minimum Gasteiger partial charge on any atom is -0.467 e. The van der Waals surface area contributed by atoms with Gasteiger partial charge >= 0.3 is 5.97 Å². The highest BCUT2D eigenvalue weighted by atomic mass is 35.5. The number of nitrogens with one attached hydrogen (secondary N) is 1. The van der Waals surface area contributed by atoms with Crippen molar-refractivity contribution in [2.24, 2.45) is 0 Å². The average molecular weight is 257 g/mol. The second kappa shape index (κ2) is 5.14. The van der Waals surface area contributed by atoms with E-state index in [-0.39, 0.29) is 10.6 Å². The smallest absolute Gasteiger partial charge is 0.330 e. The number of halogens is 1. The first-order chi connectivity index (χ1) is 7.88. The molecule has 0 bridgehead atoms. The Morgan fingerprint density at radius 1 is 1.47 bits per heavy atom. The summed E-state index contributed by atoms with van der Waals surface area (Å²) in [7, 11) is 1.26. The molecule has 0 radical (unpaired) electrons. The van der Waals surface area contributed by atoms with Gasteiger partial charge in [-0.15, -0.1) is 0 Å². The molecule has 0 fully saturated rings. The number of carbonyl (C=O) groups is 2. The van der Waals surface area contributed by atoms with E-state index in [4.69, 9.17) is 11.6 Å². The monoisotopic (exact) mass is 256 g/mol. The normalized spacial score (nSPS) is 10.8. The van der Waals surface area contributed by atoms with Gasteiger partial charge in [-0.3, -0.25) is 9.78 Å². The van der Waals surface area contributed by atoms with Crippen LogP contribution in [0.2, 0.25) is 5.02 Å². The van der Waals surface area contributed by atoms with E-state index in [9.17, 15) is 9.59 Å². The number of methoxy groups -OCH3 is 1. The van der Waals surface area contributed by atoms with Crippen LogP contribution in [-0.2, 0) is 9.53 Å². The van der Waals surface area contributed by atoms with Crippen LogP contribution < -0.4 is 5.32 Å². The Morgan fingerprint density at radius 3 is 2.65 bits per heavy atom. The molecule has 0 spiro atoms. The molecule has 92 valence electrons. The van der Waals surface area contributed by atoms with Gasteiger partial charge in [0.05, 0.1) is 17.7 Å². The average Bonchev–Trinajstić information content (AvgIpc) is 2.27. The molecule has 0 saturated carbocycles. The van der Waals surface area contributed by atoms with E-state index < -0.39 is 17.4 Å². The Kier molecular flexibility index (Phi) is 4.07. The number of esters is 1. The highest BCUT2D eigenvalue weighted by Crippen LogP contribution is 2.15. The molecule has 1 aromatic rings. The summed E-state index contributed by atoms with van der Waals surface area (Å²) in [6.45, 7) is 3.09. The molecular weight excluding hydrogens is 244 g/mol. The number of aromatic nitrogens is 1. The van der Waals surface area contributed by atoms with Crippen LogP contribution in [0.15, 0.2) is 18.5 Å². The molecule has 1 N–H and O–H groups in total. The summed E-state index contributed by atoms with van der Waals surface area (Å²) in [5.74, 6) is -0.983. The van der Waals surface area contributed by atoms with Crippen molar-refractivity contribution in [2.45, 2.75) is 19.4 Å². The van der Waals surface area contributed by atoms with Gasteiger partial charge in [-0.05, 0) is 19.9 Å². The van der Waals surface area contributed by atoms with E-state index >= 15 is 0 Å². The number of hydrogen-bond acceptors (Lipinski definition) is 4. The molecule has 1 aromatic heterocycles. The fourth-order valence-electron chi connectivity index (χ4n) is 1.22. The molecule has 17 heavy (non-hydrogen) atoms. The van der Waals surface area contributed by atoms with Gasteiger partial charge in [-0.1, -0.05) is 11.6 Å². The highest BCUT2D eigenvalue weighted by molar-refractivity contribution is 6.33. The summed E-state index contributed by atoms with van der Waals surface area (Å²) in [6.07, 6.45) is 2.81. The van der Waals surface area contributed by atoms with Gasteiger partial charge in [-0.2, -0.15) is 0 Å². The van der Waals surface area contributed by atoms with Gasteiger partial charge < -0.3 is 10.1 Å². The predicted octanol–water partition coefficient (Wildman–Crippen LogP) is 1.42. The van der Waals surface area contributed by atoms with Gasteiger partial charge in [0.15, 0.2) is 0 Å². The van der Waals surface area contributed by atoms with E-state index in [2.05, 4.69) is 15.0 Å². The molecule has 0 aliphatic carbocycles. The molecule has 0 atom stereocenters. The first-order valence-corrected chi connectivity index (χ1v) is 5.26. The molecular formula is C11H13ClN2O3. The lowest BCUT2D eigenvalue weighted by Gasteiger charge is -2.23. The molecule has 1 heterocycles. The number of amides is 1. The maximum Gasteiger partial charge on any atom is 0.330 e. The van der Waals surface area contributed by atoms with Gasteiger partial charge in [0.25, 0.3) is 5.91 Å². The summed E-state index contributed by atoms with van der Waals surface area (Å²) in [6, 6.07) is 1.48. The van der Waals surface area contributed by atoms with Crippen LogP contribution in [0.5, 0.6) is 0 Å². The van der Waals surface area contributed by atoms with Crippen molar-refractivity contribution in [3.63, 3.8) is 0 Å². The van der Waals surface area contributed by atoms with Crippen LogP contribution in [0.4, 0.5) is 0 Å². The van der Waals surface area contributed by atoms with Crippen molar-refractivity contribution in [1.29, 1.82) is 0 Å². The molecule has 0 aromatic carbocycles. The first kappa shape index (κ1) is 13.4. The van der Waals surface area contributed by atoms with Crippen LogP contribution in [0, 0.1) is 0 Å². The number of rotatable bonds is 3. The van der Waals surface area contributed by atoms with Crippen molar-refractivity contribution in [3.05, 3.63) is 29.0 Å². The Morgan fingerprint density at radius 2 is 2.12 bits per heavy atom. The quantitative estimate of drug-likeness (QED) is 0.831.